The molecule has 0 aromatic carbocycles. The Morgan fingerprint density at radius 2 is 2.50 bits per heavy atom. The van der Waals surface area contributed by atoms with Gasteiger partial charge in [-0.15, -0.1) is 0 Å². The van der Waals surface area contributed by atoms with Gasteiger partial charge in [0.2, 0.25) is 0 Å². The molecule has 5 nitrogen and oxygen atoms in total. The Morgan fingerprint density at radius 1 is 1.75 bits per heavy atom. The van der Waals surface area contributed by atoms with E-state index in [4.69, 9.17) is 14.7 Å². The van der Waals surface area contributed by atoms with Crippen LogP contribution in [0.4, 0.5) is 4.79 Å². The number of ether oxygens (including phenoxy) is 2. The topological polar surface area (TPSA) is 62.6 Å². The van der Waals surface area contributed by atoms with Crippen LogP contribution in [0.2, 0.25) is 0 Å². The van der Waals surface area contributed by atoms with Crippen molar-refractivity contribution in [2.75, 3.05) is 13.7 Å². The van der Waals surface area contributed by atoms with Crippen LogP contribution in [-0.2, 0) is 9.47 Å². The lowest BCUT2D eigenvalue weighted by atomic mass is 9.89. The number of likely N-dealkylation sites (tertiary alicyclic amines) is 1. The minimum Gasteiger partial charge on any atom is -0.460 e. The predicted molar refractivity (Wildman–Crippen MR) is 55.0 cm³/mol. The third kappa shape index (κ3) is 1.60. The Kier molecular flexibility index (Phi) is 2.73. The Labute approximate surface area is 94.2 Å². The summed E-state index contributed by atoms with van der Waals surface area (Å²) in [5.74, 6) is 0.809. The molecular weight excluding hydrogens is 208 g/mol. The number of nitrogens with zero attached hydrogens (tertiary/aromatic N) is 2. The van der Waals surface area contributed by atoms with Gasteiger partial charge < -0.3 is 9.47 Å². The highest BCUT2D eigenvalue weighted by atomic mass is 16.6. The third-order valence-electron chi connectivity index (χ3n) is 3.23. The fourth-order valence-electron chi connectivity index (χ4n) is 2.37. The van der Waals surface area contributed by atoms with Crippen molar-refractivity contribution in [3.8, 4) is 6.07 Å². The van der Waals surface area contributed by atoms with Crippen molar-refractivity contribution in [3.05, 3.63) is 11.8 Å². The van der Waals surface area contributed by atoms with Crippen LogP contribution in [0.15, 0.2) is 11.8 Å². The van der Waals surface area contributed by atoms with Crippen LogP contribution in [-0.4, -0.2) is 30.9 Å². The van der Waals surface area contributed by atoms with Gasteiger partial charge in [0.1, 0.15) is 6.07 Å². The van der Waals surface area contributed by atoms with E-state index in [1.807, 2.05) is 19.1 Å². The van der Waals surface area contributed by atoms with Gasteiger partial charge in [0.25, 0.3) is 0 Å². The molecule has 0 radical (unpaired) electrons. The van der Waals surface area contributed by atoms with Crippen LogP contribution in [0, 0.1) is 23.2 Å². The summed E-state index contributed by atoms with van der Waals surface area (Å²) >= 11 is 0. The van der Waals surface area contributed by atoms with E-state index in [9.17, 15) is 4.79 Å². The van der Waals surface area contributed by atoms with E-state index in [1.165, 1.54) is 7.11 Å². The zero-order valence-electron chi connectivity index (χ0n) is 9.34. The maximum atomic E-state index is 11.5. The third-order valence-corrected chi connectivity index (χ3v) is 3.23. The first kappa shape index (κ1) is 10.8. The lowest BCUT2D eigenvalue weighted by Gasteiger charge is -2.32. The van der Waals surface area contributed by atoms with E-state index in [0.29, 0.717) is 12.3 Å². The summed E-state index contributed by atoms with van der Waals surface area (Å²) in [5, 5.41) is 8.83. The molecule has 0 bridgehead atoms. The fraction of sp³-hybridized carbons (Fsp3) is 0.636. The molecule has 2 aliphatic rings. The number of fused-ring (bicyclic) bond motifs is 1. The van der Waals surface area contributed by atoms with Gasteiger partial charge in [-0.3, -0.25) is 4.90 Å². The smallest absolute Gasteiger partial charge is 0.412 e. The maximum Gasteiger partial charge on any atom is 0.412 e. The number of rotatable bonds is 0. The van der Waals surface area contributed by atoms with Gasteiger partial charge in [0.15, 0.2) is 12.0 Å². The van der Waals surface area contributed by atoms with Crippen molar-refractivity contribution in [1.29, 1.82) is 5.26 Å². The number of carbonyl (C=O) groups is 1. The van der Waals surface area contributed by atoms with Crippen molar-refractivity contribution < 1.29 is 14.3 Å². The Balaban J connectivity index is 2.20. The van der Waals surface area contributed by atoms with E-state index in [2.05, 4.69) is 0 Å². The average Bonchev–Trinajstić information content (AvgIpc) is 2.72. The summed E-state index contributed by atoms with van der Waals surface area (Å²) in [4.78, 5) is 13.0. The Bertz CT molecular complexity index is 372. The molecule has 1 fully saturated rings. The number of amides is 1. The quantitative estimate of drug-likeness (QED) is 0.622. The molecule has 2 aliphatic heterocycles. The summed E-state index contributed by atoms with van der Waals surface area (Å²) in [6.45, 7) is 2.66. The first-order valence-electron chi connectivity index (χ1n) is 5.30. The first-order valence-corrected chi connectivity index (χ1v) is 5.30. The minimum absolute atomic E-state index is 0.253. The van der Waals surface area contributed by atoms with Gasteiger partial charge in [-0.1, -0.05) is 6.92 Å². The number of carbonyl (C=O) groups excluding carboxylic acids is 1. The van der Waals surface area contributed by atoms with Gasteiger partial charge in [0.05, 0.1) is 7.11 Å². The van der Waals surface area contributed by atoms with Crippen molar-refractivity contribution in [2.45, 2.75) is 19.6 Å². The normalized spacial score (nSPS) is 32.2. The average molecular weight is 222 g/mol. The molecule has 1 saturated heterocycles. The molecule has 0 N–H and O–H groups in total. The number of methoxy groups -OCH3 is 1. The van der Waals surface area contributed by atoms with Crippen LogP contribution < -0.4 is 0 Å². The highest BCUT2D eigenvalue weighted by molar-refractivity contribution is 5.68. The van der Waals surface area contributed by atoms with Crippen LogP contribution in [0.25, 0.3) is 0 Å². The second-order valence-corrected chi connectivity index (χ2v) is 4.13. The summed E-state index contributed by atoms with van der Waals surface area (Å²) < 4.78 is 10.2. The highest BCUT2D eigenvalue weighted by Gasteiger charge is 2.44. The van der Waals surface area contributed by atoms with Crippen LogP contribution in [0.5, 0.6) is 0 Å². The first-order chi connectivity index (χ1) is 7.67. The molecule has 0 unspecified atom stereocenters. The fourth-order valence-corrected chi connectivity index (χ4v) is 2.37. The number of hydrogen-bond acceptors (Lipinski definition) is 4. The zero-order chi connectivity index (χ0) is 11.7. The summed E-state index contributed by atoms with van der Waals surface area (Å²) in [6, 6.07) is 1.98. The van der Waals surface area contributed by atoms with Crippen LogP contribution in [0.3, 0.4) is 0 Å². The molecule has 5 heteroatoms. The lowest BCUT2D eigenvalue weighted by molar-refractivity contribution is -0.0301. The summed E-state index contributed by atoms with van der Waals surface area (Å²) in [5.41, 5.74) is 0. The van der Waals surface area contributed by atoms with Gasteiger partial charge in [-0.25, -0.2) is 4.79 Å². The van der Waals surface area contributed by atoms with Gasteiger partial charge in [-0.05, 0) is 18.4 Å². The van der Waals surface area contributed by atoms with Crippen molar-refractivity contribution in [3.63, 3.8) is 0 Å². The molecular formula is C11H14N2O3. The summed E-state index contributed by atoms with van der Waals surface area (Å²) in [7, 11) is 1.35. The molecule has 1 amide bonds. The zero-order valence-corrected chi connectivity index (χ0v) is 9.34. The van der Waals surface area contributed by atoms with E-state index >= 15 is 0 Å². The van der Waals surface area contributed by atoms with Crippen molar-refractivity contribution in [2.24, 2.45) is 11.8 Å². The Hall–Kier alpha value is -1.70. The number of hydrogen-bond donors (Lipinski definition) is 0. The van der Waals surface area contributed by atoms with Crippen LogP contribution in [0.1, 0.15) is 13.3 Å². The molecule has 0 aromatic rings. The second-order valence-electron chi connectivity index (χ2n) is 4.13. The molecule has 0 spiro atoms. The molecule has 16 heavy (non-hydrogen) atoms. The summed E-state index contributed by atoms with van der Waals surface area (Å²) in [6.07, 6.45) is 1.97. The van der Waals surface area contributed by atoms with Gasteiger partial charge in [0, 0.05) is 12.5 Å². The largest absolute Gasteiger partial charge is 0.460 e. The van der Waals surface area contributed by atoms with E-state index in [0.717, 1.165) is 6.42 Å². The van der Waals surface area contributed by atoms with E-state index < -0.39 is 0 Å². The van der Waals surface area contributed by atoms with Crippen molar-refractivity contribution in [1.82, 2.24) is 4.90 Å². The van der Waals surface area contributed by atoms with Gasteiger partial charge in [-0.2, -0.15) is 5.26 Å². The number of allylic oxidation sites excluding steroid dienone is 2. The SMILES string of the molecule is COC(=O)N1CC[C@@H]2[C@H](C)C=C(C#N)O[C@H]21. The van der Waals surface area contributed by atoms with Crippen molar-refractivity contribution >= 4 is 6.09 Å². The second kappa shape index (κ2) is 4.05. The monoisotopic (exact) mass is 222 g/mol. The predicted octanol–water partition coefficient (Wildman–Crippen LogP) is 1.47. The van der Waals surface area contributed by atoms with Gasteiger partial charge >= 0.3 is 6.09 Å². The van der Waals surface area contributed by atoms with Crippen LogP contribution >= 0.6 is 0 Å². The number of nitriles is 1. The Morgan fingerprint density at radius 3 is 3.12 bits per heavy atom. The molecule has 3 atom stereocenters. The standard InChI is InChI=1S/C11H14N2O3/c1-7-5-8(6-12)16-10-9(7)3-4-13(10)11(14)15-2/h5,7,9-10H,3-4H2,1-2H3/t7-,9-,10-/m1/s1. The minimum atomic E-state index is -0.390. The molecule has 2 rings (SSSR count). The molecule has 2 heterocycles. The molecule has 0 saturated carbocycles. The molecule has 0 aromatic heterocycles. The maximum absolute atomic E-state index is 11.5. The van der Waals surface area contributed by atoms with E-state index in [1.54, 1.807) is 4.90 Å². The molecule has 86 valence electrons. The lowest BCUT2D eigenvalue weighted by Crippen LogP contribution is -2.42. The highest BCUT2D eigenvalue weighted by Crippen LogP contribution is 2.37. The van der Waals surface area contributed by atoms with E-state index in [-0.39, 0.29) is 24.2 Å². The molecule has 0 aliphatic carbocycles.